The Kier molecular flexibility index (Phi) is 4.87. The molecule has 7 nitrogen and oxygen atoms in total. The average Bonchev–Trinajstić information content (AvgIpc) is 2.62. The molecule has 7 heteroatoms. The van der Waals surface area contributed by atoms with Gasteiger partial charge >= 0.3 is 6.03 Å². The van der Waals surface area contributed by atoms with Gasteiger partial charge in [-0.2, -0.15) is 5.26 Å². The van der Waals surface area contributed by atoms with Gasteiger partial charge in [0.1, 0.15) is 12.1 Å². The van der Waals surface area contributed by atoms with Crippen molar-refractivity contribution in [2.45, 2.75) is 38.6 Å². The summed E-state index contributed by atoms with van der Waals surface area (Å²) in [7, 11) is 0. The Morgan fingerprint density at radius 3 is 2.58 bits per heavy atom. The fourth-order valence-corrected chi connectivity index (χ4v) is 2.23. The van der Waals surface area contributed by atoms with Crippen molar-refractivity contribution in [3.05, 3.63) is 0 Å². The molecule has 0 saturated carbocycles. The molecule has 0 atom stereocenters. The van der Waals surface area contributed by atoms with E-state index in [2.05, 4.69) is 10.6 Å². The van der Waals surface area contributed by atoms with Crippen LogP contribution >= 0.6 is 0 Å². The Balaban J connectivity index is 2.74. The van der Waals surface area contributed by atoms with E-state index in [-0.39, 0.29) is 31.3 Å². The lowest BCUT2D eigenvalue weighted by Gasteiger charge is -2.32. The zero-order valence-corrected chi connectivity index (χ0v) is 11.2. The van der Waals surface area contributed by atoms with E-state index in [9.17, 15) is 14.4 Å². The quantitative estimate of drug-likeness (QED) is 0.526. The minimum Gasteiger partial charge on any atom is -0.354 e. The molecule has 0 spiro atoms. The summed E-state index contributed by atoms with van der Waals surface area (Å²) in [5.41, 5.74) is -0.941. The first kappa shape index (κ1) is 15.0. The van der Waals surface area contributed by atoms with Gasteiger partial charge < -0.3 is 10.2 Å². The minimum atomic E-state index is -0.941. The second-order valence-electron chi connectivity index (χ2n) is 4.34. The van der Waals surface area contributed by atoms with Crippen LogP contribution in [0.1, 0.15) is 33.1 Å². The molecular formula is C12H18N4O3. The fraction of sp³-hybridized carbons (Fsp3) is 0.667. The Labute approximate surface area is 111 Å². The summed E-state index contributed by atoms with van der Waals surface area (Å²) in [6.07, 6.45) is 1.11. The Bertz CT molecular complexity index is 423. The van der Waals surface area contributed by atoms with E-state index in [1.807, 2.05) is 19.9 Å². The molecule has 0 aromatic carbocycles. The van der Waals surface area contributed by atoms with E-state index in [0.29, 0.717) is 12.8 Å². The number of nitrogens with one attached hydrogen (secondary N) is 2. The Morgan fingerprint density at radius 2 is 2.05 bits per heavy atom. The van der Waals surface area contributed by atoms with Crippen LogP contribution in [0.3, 0.4) is 0 Å². The SMILES string of the molecule is CCC1(CC)C(=O)NC(=O)N1CC(=O)NCCC#N. The number of hydrogen-bond donors (Lipinski definition) is 2. The lowest BCUT2D eigenvalue weighted by Crippen LogP contribution is -2.52. The summed E-state index contributed by atoms with van der Waals surface area (Å²) < 4.78 is 0. The first-order valence-electron chi connectivity index (χ1n) is 6.28. The van der Waals surface area contributed by atoms with Gasteiger partial charge in [0.25, 0.3) is 5.91 Å². The number of urea groups is 1. The first-order valence-corrected chi connectivity index (χ1v) is 6.28. The topological polar surface area (TPSA) is 102 Å². The highest BCUT2D eigenvalue weighted by Crippen LogP contribution is 2.28. The van der Waals surface area contributed by atoms with Gasteiger partial charge in [-0.05, 0) is 12.8 Å². The molecule has 1 rings (SSSR count). The molecule has 1 saturated heterocycles. The van der Waals surface area contributed by atoms with E-state index < -0.39 is 11.6 Å². The third-order valence-electron chi connectivity index (χ3n) is 3.44. The van der Waals surface area contributed by atoms with Gasteiger partial charge in [0.2, 0.25) is 5.91 Å². The molecule has 0 bridgehead atoms. The molecule has 1 heterocycles. The number of rotatable bonds is 6. The number of carbonyl (C=O) groups is 3. The van der Waals surface area contributed by atoms with Crippen LogP contribution in [-0.4, -0.2) is 41.4 Å². The maximum absolute atomic E-state index is 11.9. The summed E-state index contributed by atoms with van der Waals surface area (Å²) in [4.78, 5) is 36.6. The van der Waals surface area contributed by atoms with Gasteiger partial charge in [0.05, 0.1) is 12.5 Å². The van der Waals surface area contributed by atoms with Gasteiger partial charge in [-0.25, -0.2) is 4.79 Å². The summed E-state index contributed by atoms with van der Waals surface area (Å²) in [6, 6.07) is 1.37. The number of hydrogen-bond acceptors (Lipinski definition) is 4. The molecule has 0 aromatic heterocycles. The van der Waals surface area contributed by atoms with Gasteiger partial charge in [-0.15, -0.1) is 0 Å². The summed E-state index contributed by atoms with van der Waals surface area (Å²) in [5, 5.41) is 13.2. The van der Waals surface area contributed by atoms with E-state index in [4.69, 9.17) is 5.26 Å². The molecule has 0 unspecified atom stereocenters. The number of nitriles is 1. The van der Waals surface area contributed by atoms with Crippen LogP contribution in [-0.2, 0) is 9.59 Å². The lowest BCUT2D eigenvalue weighted by molar-refractivity contribution is -0.128. The molecule has 1 aliphatic heterocycles. The van der Waals surface area contributed by atoms with E-state index >= 15 is 0 Å². The zero-order chi connectivity index (χ0) is 14.5. The number of carbonyl (C=O) groups excluding carboxylic acids is 3. The molecular weight excluding hydrogens is 248 g/mol. The first-order chi connectivity index (χ1) is 9.01. The molecule has 0 aromatic rings. The highest BCUT2D eigenvalue weighted by Gasteiger charge is 2.50. The van der Waals surface area contributed by atoms with Crippen molar-refractivity contribution in [3.8, 4) is 6.07 Å². The lowest BCUT2D eigenvalue weighted by atomic mass is 9.91. The van der Waals surface area contributed by atoms with Crippen molar-refractivity contribution >= 4 is 17.8 Å². The van der Waals surface area contributed by atoms with Crippen LogP contribution in [0.15, 0.2) is 0 Å². The van der Waals surface area contributed by atoms with E-state index in [1.54, 1.807) is 0 Å². The van der Waals surface area contributed by atoms with E-state index in [1.165, 1.54) is 4.90 Å². The molecule has 1 aliphatic rings. The summed E-state index contributed by atoms with van der Waals surface area (Å²) >= 11 is 0. The maximum Gasteiger partial charge on any atom is 0.325 e. The van der Waals surface area contributed by atoms with Crippen LogP contribution in [0.5, 0.6) is 0 Å². The largest absolute Gasteiger partial charge is 0.354 e. The monoisotopic (exact) mass is 266 g/mol. The highest BCUT2D eigenvalue weighted by atomic mass is 16.2. The van der Waals surface area contributed by atoms with Crippen LogP contribution in [0, 0.1) is 11.3 Å². The van der Waals surface area contributed by atoms with Crippen molar-refractivity contribution in [3.63, 3.8) is 0 Å². The van der Waals surface area contributed by atoms with Crippen molar-refractivity contribution in [1.82, 2.24) is 15.5 Å². The van der Waals surface area contributed by atoms with Crippen molar-refractivity contribution in [2.75, 3.05) is 13.1 Å². The standard InChI is InChI=1S/C12H18N4O3/c1-3-12(4-2)10(18)15-11(19)16(12)8-9(17)14-7-5-6-13/h3-5,7-8H2,1-2H3,(H,14,17)(H,15,18,19). The molecule has 0 aliphatic carbocycles. The second-order valence-corrected chi connectivity index (χ2v) is 4.34. The molecule has 104 valence electrons. The molecule has 19 heavy (non-hydrogen) atoms. The predicted octanol–water partition coefficient (Wildman–Crippen LogP) is 0.127. The third kappa shape index (κ3) is 2.84. The van der Waals surface area contributed by atoms with Crippen LogP contribution in [0.2, 0.25) is 0 Å². The maximum atomic E-state index is 11.9. The van der Waals surface area contributed by atoms with Crippen molar-refractivity contribution in [2.24, 2.45) is 0 Å². The molecule has 1 fully saturated rings. The molecule has 0 radical (unpaired) electrons. The van der Waals surface area contributed by atoms with Crippen LogP contribution < -0.4 is 10.6 Å². The Hall–Kier alpha value is -2.10. The van der Waals surface area contributed by atoms with E-state index in [0.717, 1.165) is 0 Å². The number of imide groups is 1. The molecule has 2 N–H and O–H groups in total. The van der Waals surface area contributed by atoms with Gasteiger partial charge in [-0.3, -0.25) is 14.9 Å². The smallest absolute Gasteiger partial charge is 0.325 e. The third-order valence-corrected chi connectivity index (χ3v) is 3.44. The van der Waals surface area contributed by atoms with Crippen molar-refractivity contribution < 1.29 is 14.4 Å². The van der Waals surface area contributed by atoms with Gasteiger partial charge in [-0.1, -0.05) is 13.8 Å². The van der Waals surface area contributed by atoms with Crippen LogP contribution in [0.4, 0.5) is 4.79 Å². The highest BCUT2D eigenvalue weighted by molar-refractivity contribution is 6.08. The number of nitrogens with zero attached hydrogens (tertiary/aromatic N) is 2. The minimum absolute atomic E-state index is 0.176. The van der Waals surface area contributed by atoms with Gasteiger partial charge in [0.15, 0.2) is 0 Å². The number of amides is 4. The fourth-order valence-electron chi connectivity index (χ4n) is 2.23. The molecule has 4 amide bonds. The normalized spacial score (nSPS) is 17.0. The average molecular weight is 266 g/mol. The summed E-state index contributed by atoms with van der Waals surface area (Å²) in [5.74, 6) is -0.723. The predicted molar refractivity (Wildman–Crippen MR) is 66.8 cm³/mol. The zero-order valence-electron chi connectivity index (χ0n) is 11.2. The second kappa shape index (κ2) is 6.18. The summed E-state index contributed by atoms with van der Waals surface area (Å²) in [6.45, 7) is 3.68. The van der Waals surface area contributed by atoms with Crippen molar-refractivity contribution in [1.29, 1.82) is 5.26 Å². The Morgan fingerprint density at radius 1 is 1.42 bits per heavy atom. The van der Waals surface area contributed by atoms with Crippen LogP contribution in [0.25, 0.3) is 0 Å². The van der Waals surface area contributed by atoms with Gasteiger partial charge in [0, 0.05) is 6.54 Å².